The van der Waals surface area contributed by atoms with Gasteiger partial charge in [-0.1, -0.05) is 13.8 Å². The molecular weight excluding hydrogens is 528 g/mol. The molecule has 41 heavy (non-hydrogen) atoms. The van der Waals surface area contributed by atoms with Crippen molar-refractivity contribution in [2.45, 2.75) is 128 Å². The van der Waals surface area contributed by atoms with Crippen molar-refractivity contribution in [1.82, 2.24) is 0 Å². The van der Waals surface area contributed by atoms with E-state index in [4.69, 9.17) is 23.7 Å². The Morgan fingerprint density at radius 1 is 1.07 bits per heavy atom. The molecule has 0 bridgehead atoms. The van der Waals surface area contributed by atoms with Crippen LogP contribution in [0.4, 0.5) is 0 Å². The van der Waals surface area contributed by atoms with Crippen molar-refractivity contribution in [3.63, 3.8) is 0 Å². The zero-order valence-electron chi connectivity index (χ0n) is 25.2. The van der Waals surface area contributed by atoms with Crippen LogP contribution in [-0.2, 0) is 33.3 Å². The Morgan fingerprint density at radius 3 is 2.54 bits per heavy atom. The second-order valence-electron chi connectivity index (χ2n) is 14.3. The second kappa shape index (κ2) is 10.6. The van der Waals surface area contributed by atoms with E-state index in [9.17, 15) is 19.8 Å². The van der Waals surface area contributed by atoms with Crippen molar-refractivity contribution >= 4 is 11.9 Å². The Kier molecular flexibility index (Phi) is 7.62. The minimum atomic E-state index is -0.990. The number of carbonyl (C=O) groups is 2. The lowest BCUT2D eigenvalue weighted by molar-refractivity contribution is -0.273. The van der Waals surface area contributed by atoms with Crippen molar-refractivity contribution in [2.75, 3.05) is 13.7 Å². The molecule has 2 heterocycles. The lowest BCUT2D eigenvalue weighted by Gasteiger charge is -2.63. The van der Waals surface area contributed by atoms with Crippen LogP contribution in [0.1, 0.15) is 85.5 Å². The smallest absolute Gasteiger partial charge is 0.331 e. The highest BCUT2D eigenvalue weighted by molar-refractivity contribution is 5.85. The number of methoxy groups -OCH3 is 1. The van der Waals surface area contributed by atoms with Crippen LogP contribution in [0.2, 0.25) is 0 Å². The molecule has 6 aliphatic rings. The molecule has 2 aliphatic heterocycles. The van der Waals surface area contributed by atoms with Crippen LogP contribution in [0.5, 0.6) is 0 Å². The number of ether oxygens (including phenoxy) is 5. The molecule has 1 saturated heterocycles. The maximum Gasteiger partial charge on any atom is 0.331 e. The molecule has 0 spiro atoms. The van der Waals surface area contributed by atoms with Crippen molar-refractivity contribution in [3.8, 4) is 0 Å². The number of cyclic esters (lactones) is 1. The van der Waals surface area contributed by atoms with Crippen LogP contribution in [0, 0.1) is 34.5 Å². The minimum absolute atomic E-state index is 0.0898. The molecule has 0 aromatic carbocycles. The number of fused-ring (bicyclic) bond motifs is 5. The summed E-state index contributed by atoms with van der Waals surface area (Å²) < 4.78 is 29.1. The average Bonchev–Trinajstić information content (AvgIpc) is 3.42. The summed E-state index contributed by atoms with van der Waals surface area (Å²) >= 11 is 0. The summed E-state index contributed by atoms with van der Waals surface area (Å²) in [5, 5.41) is 23.0. The number of aliphatic hydroxyl groups is 2. The van der Waals surface area contributed by atoms with E-state index in [1.807, 2.05) is 6.92 Å². The fraction of sp³-hybridized carbons (Fsp3) is 0.875. The van der Waals surface area contributed by atoms with Gasteiger partial charge in [0.2, 0.25) is 0 Å². The molecule has 4 saturated carbocycles. The van der Waals surface area contributed by atoms with Gasteiger partial charge in [-0.15, -0.1) is 0 Å². The summed E-state index contributed by atoms with van der Waals surface area (Å²) in [5.74, 6) is 0.0175. The Hall–Kier alpha value is -1.52. The summed E-state index contributed by atoms with van der Waals surface area (Å²) in [4.78, 5) is 24.2. The largest absolute Gasteiger partial charge is 0.462 e. The normalized spacial score (nSPS) is 51.2. The molecule has 9 nitrogen and oxygen atoms in total. The fourth-order valence-electron chi connectivity index (χ4n) is 10.4. The molecule has 6 rings (SSSR count). The molecule has 4 aliphatic carbocycles. The number of rotatable bonds is 5. The molecule has 5 fully saturated rings. The van der Waals surface area contributed by atoms with Gasteiger partial charge in [0.15, 0.2) is 6.29 Å². The van der Waals surface area contributed by atoms with Crippen LogP contribution >= 0.6 is 0 Å². The minimum Gasteiger partial charge on any atom is -0.462 e. The predicted octanol–water partition coefficient (Wildman–Crippen LogP) is 3.68. The van der Waals surface area contributed by atoms with Gasteiger partial charge in [-0.3, -0.25) is 4.79 Å². The third-order valence-corrected chi connectivity index (χ3v) is 12.5. The standard InChI is InChI=1S/C32H48O9/c1-17-29(35)24(37-5)14-27(39-17)41-21-8-10-30(3)20(13-21)6-7-23-22(30)9-11-31(4)28(19-12-26(34)38-16-19)25(40-18(2)33)15-32(23,31)36/h12,17,20-25,27-29,35-36H,6-11,13-16H2,1-5H3/t17-,20-,21-,22-,23+,24-,25-,27-,28-,29-,30-,31+,32-/m0/s1. The topological polar surface area (TPSA) is 121 Å². The van der Waals surface area contributed by atoms with Gasteiger partial charge in [0, 0.05) is 44.3 Å². The van der Waals surface area contributed by atoms with Gasteiger partial charge in [-0.25, -0.2) is 4.79 Å². The predicted molar refractivity (Wildman–Crippen MR) is 147 cm³/mol. The third kappa shape index (κ3) is 4.69. The van der Waals surface area contributed by atoms with E-state index in [1.54, 1.807) is 13.2 Å². The molecule has 2 N–H and O–H groups in total. The van der Waals surface area contributed by atoms with Crippen molar-refractivity contribution in [1.29, 1.82) is 0 Å². The molecular formula is C32H48O9. The van der Waals surface area contributed by atoms with Crippen LogP contribution in [0.15, 0.2) is 11.6 Å². The Morgan fingerprint density at radius 2 is 1.85 bits per heavy atom. The highest BCUT2D eigenvalue weighted by atomic mass is 16.7. The summed E-state index contributed by atoms with van der Waals surface area (Å²) in [5.41, 5.74) is -0.559. The molecule has 0 unspecified atom stereocenters. The van der Waals surface area contributed by atoms with Crippen LogP contribution in [0.25, 0.3) is 0 Å². The SMILES string of the molecule is CO[C@H]1C[C@H](O[C@H]2CC[C@@]3(C)[C@@H](CC[C@@H]4[C@@H]3CC[C@]3(C)[C@@H](C5=CC(=O)OC5)[C@@H](OC(C)=O)C[C@]43O)C2)O[C@@H](C)[C@@H]1O. The first kappa shape index (κ1) is 29.5. The van der Waals surface area contributed by atoms with Crippen LogP contribution < -0.4 is 0 Å². The Bertz CT molecular complexity index is 1080. The first-order chi connectivity index (χ1) is 19.4. The summed E-state index contributed by atoms with van der Waals surface area (Å²) in [6.45, 7) is 8.06. The summed E-state index contributed by atoms with van der Waals surface area (Å²) in [6.07, 6.45) is 7.14. The third-order valence-electron chi connectivity index (χ3n) is 12.5. The van der Waals surface area contributed by atoms with Gasteiger partial charge in [0.05, 0.1) is 23.9 Å². The number of hydrogen-bond acceptors (Lipinski definition) is 9. The average molecular weight is 577 g/mol. The molecule has 0 radical (unpaired) electrons. The number of esters is 2. The van der Waals surface area contributed by atoms with E-state index in [2.05, 4.69) is 13.8 Å². The van der Waals surface area contributed by atoms with Crippen LogP contribution in [0.3, 0.4) is 0 Å². The van der Waals surface area contributed by atoms with E-state index in [-0.39, 0.29) is 60.4 Å². The molecule has 13 atom stereocenters. The van der Waals surface area contributed by atoms with Gasteiger partial charge in [-0.2, -0.15) is 0 Å². The number of aliphatic hydroxyl groups excluding tert-OH is 1. The quantitative estimate of drug-likeness (QED) is 0.373. The fourth-order valence-corrected chi connectivity index (χ4v) is 10.4. The molecule has 230 valence electrons. The van der Waals surface area contributed by atoms with E-state index in [1.165, 1.54) is 6.92 Å². The molecule has 0 aromatic rings. The van der Waals surface area contributed by atoms with Gasteiger partial charge in [0.25, 0.3) is 0 Å². The second-order valence-corrected chi connectivity index (χ2v) is 14.3. The first-order valence-corrected chi connectivity index (χ1v) is 15.7. The number of hydrogen-bond donors (Lipinski definition) is 2. The van der Waals surface area contributed by atoms with Crippen molar-refractivity contribution in [3.05, 3.63) is 11.6 Å². The van der Waals surface area contributed by atoms with Gasteiger partial charge in [-0.05, 0) is 80.6 Å². The van der Waals surface area contributed by atoms with Gasteiger partial charge >= 0.3 is 11.9 Å². The molecule has 0 aromatic heterocycles. The van der Waals surface area contributed by atoms with Crippen molar-refractivity contribution in [2.24, 2.45) is 34.5 Å². The molecule has 9 heteroatoms. The number of carbonyl (C=O) groups excluding carboxylic acids is 2. The first-order valence-electron chi connectivity index (χ1n) is 15.7. The lowest BCUT2D eigenvalue weighted by atomic mass is 9.43. The van der Waals surface area contributed by atoms with E-state index in [0.717, 1.165) is 50.5 Å². The molecule has 0 amide bonds. The van der Waals surface area contributed by atoms with Crippen molar-refractivity contribution < 1.29 is 43.5 Å². The maximum absolute atomic E-state index is 12.7. The monoisotopic (exact) mass is 576 g/mol. The Labute approximate surface area is 243 Å². The highest BCUT2D eigenvalue weighted by Crippen LogP contribution is 2.70. The summed E-state index contributed by atoms with van der Waals surface area (Å²) in [7, 11) is 1.62. The lowest BCUT2D eigenvalue weighted by Crippen LogP contribution is -2.62. The zero-order chi connectivity index (χ0) is 29.3. The van der Waals surface area contributed by atoms with Gasteiger partial charge < -0.3 is 33.9 Å². The summed E-state index contributed by atoms with van der Waals surface area (Å²) in [6, 6.07) is 0. The van der Waals surface area contributed by atoms with Gasteiger partial charge in [0.1, 0.15) is 18.8 Å². The highest BCUT2D eigenvalue weighted by Gasteiger charge is 2.71. The zero-order valence-corrected chi connectivity index (χ0v) is 25.2. The maximum atomic E-state index is 12.7. The van der Waals surface area contributed by atoms with E-state index >= 15 is 0 Å². The Balaban J connectivity index is 1.19. The van der Waals surface area contributed by atoms with E-state index < -0.39 is 23.2 Å². The van der Waals surface area contributed by atoms with E-state index in [0.29, 0.717) is 24.7 Å². The van der Waals surface area contributed by atoms with Crippen LogP contribution in [-0.4, -0.2) is 78.3 Å².